The molecular weight excluding hydrogens is 327 g/mol. The molecule has 0 aromatic heterocycles. The molecule has 0 saturated carbocycles. The van der Waals surface area contributed by atoms with Crippen LogP contribution in [-0.2, 0) is 16.6 Å². The first-order valence-electron chi connectivity index (χ1n) is 5.64. The molecule has 19 heavy (non-hydrogen) atoms. The van der Waals surface area contributed by atoms with Crippen LogP contribution in [0.25, 0.3) is 4.91 Å². The quantitative estimate of drug-likeness (QED) is 0.801. The smallest absolute Gasteiger partial charge is 0.123 e. The maximum absolute atomic E-state index is 12.8. The minimum Gasteiger partial charge on any atom is -0.254 e. The first-order chi connectivity index (χ1) is 9.06. The maximum Gasteiger partial charge on any atom is 0.123 e. The first kappa shape index (κ1) is 14.2. The lowest BCUT2D eigenvalue weighted by Crippen LogP contribution is -1.98. The fourth-order valence-corrected chi connectivity index (χ4v) is 2.92. The van der Waals surface area contributed by atoms with Gasteiger partial charge in [-0.3, -0.25) is 4.21 Å². The van der Waals surface area contributed by atoms with Gasteiger partial charge in [-0.1, -0.05) is 46.8 Å². The van der Waals surface area contributed by atoms with Gasteiger partial charge in [0.15, 0.2) is 0 Å². The molecule has 0 fully saturated rings. The van der Waals surface area contributed by atoms with Crippen molar-refractivity contribution in [1.29, 1.82) is 0 Å². The Balaban J connectivity index is 2.09. The predicted octanol–water partition coefficient (Wildman–Crippen LogP) is 4.51. The van der Waals surface area contributed by atoms with Crippen LogP contribution in [0.4, 0.5) is 4.39 Å². The Kier molecular flexibility index (Phi) is 4.66. The highest BCUT2D eigenvalue weighted by Gasteiger charge is 2.09. The molecule has 2 aromatic carbocycles. The SMILES string of the molecule is C=C(c1ccc(Br)cc1)S(=O)Cc1ccc(F)cc1. The zero-order valence-corrected chi connectivity index (χ0v) is 12.5. The van der Waals surface area contributed by atoms with Gasteiger partial charge in [0.25, 0.3) is 0 Å². The lowest BCUT2D eigenvalue weighted by Gasteiger charge is -2.06. The van der Waals surface area contributed by atoms with Gasteiger partial charge in [0.1, 0.15) is 5.82 Å². The summed E-state index contributed by atoms with van der Waals surface area (Å²) in [6.07, 6.45) is 0. The summed E-state index contributed by atoms with van der Waals surface area (Å²) in [5.74, 6) is 0.0519. The van der Waals surface area contributed by atoms with Crippen LogP contribution < -0.4 is 0 Å². The van der Waals surface area contributed by atoms with Gasteiger partial charge in [0.05, 0.1) is 16.6 Å². The summed E-state index contributed by atoms with van der Waals surface area (Å²) in [4.78, 5) is 0.580. The second kappa shape index (κ2) is 6.26. The van der Waals surface area contributed by atoms with Crippen molar-refractivity contribution in [3.05, 3.63) is 76.5 Å². The number of halogens is 2. The van der Waals surface area contributed by atoms with E-state index in [9.17, 15) is 8.60 Å². The molecule has 0 bridgehead atoms. The van der Waals surface area contributed by atoms with Gasteiger partial charge in [-0.15, -0.1) is 0 Å². The summed E-state index contributed by atoms with van der Waals surface area (Å²) >= 11 is 3.35. The second-order valence-corrected chi connectivity index (χ2v) is 6.43. The molecule has 0 N–H and O–H groups in total. The first-order valence-corrected chi connectivity index (χ1v) is 7.75. The fraction of sp³-hybridized carbons (Fsp3) is 0.0667. The number of rotatable bonds is 4. The highest BCUT2D eigenvalue weighted by Crippen LogP contribution is 2.21. The van der Waals surface area contributed by atoms with Crippen molar-refractivity contribution in [2.24, 2.45) is 0 Å². The maximum atomic E-state index is 12.8. The van der Waals surface area contributed by atoms with Gasteiger partial charge in [0.2, 0.25) is 0 Å². The van der Waals surface area contributed by atoms with Gasteiger partial charge < -0.3 is 0 Å². The Morgan fingerprint density at radius 3 is 2.26 bits per heavy atom. The Bertz CT molecular complexity index is 605. The van der Waals surface area contributed by atoms with Crippen molar-refractivity contribution in [3.8, 4) is 0 Å². The second-order valence-electron chi connectivity index (χ2n) is 4.05. The molecule has 0 radical (unpaired) electrons. The van der Waals surface area contributed by atoms with E-state index in [1.54, 1.807) is 12.1 Å². The topological polar surface area (TPSA) is 17.1 Å². The van der Waals surface area contributed by atoms with Crippen molar-refractivity contribution in [2.75, 3.05) is 0 Å². The van der Waals surface area contributed by atoms with Crippen LogP contribution in [-0.4, -0.2) is 4.21 Å². The van der Waals surface area contributed by atoms with E-state index in [0.29, 0.717) is 10.7 Å². The normalized spacial score (nSPS) is 12.1. The number of benzene rings is 2. The summed E-state index contributed by atoms with van der Waals surface area (Å²) in [7, 11) is -1.21. The van der Waals surface area contributed by atoms with E-state index in [2.05, 4.69) is 22.5 Å². The van der Waals surface area contributed by atoms with E-state index in [1.807, 2.05) is 24.3 Å². The lowest BCUT2D eigenvalue weighted by atomic mass is 10.2. The summed E-state index contributed by atoms with van der Waals surface area (Å²) in [6, 6.07) is 13.5. The van der Waals surface area contributed by atoms with Crippen LogP contribution in [0, 0.1) is 5.82 Å². The van der Waals surface area contributed by atoms with Crippen molar-refractivity contribution >= 4 is 31.6 Å². The third kappa shape index (κ3) is 3.85. The Hall–Kier alpha value is -1.26. The minimum absolute atomic E-state index is 0.290. The standard InChI is InChI=1S/C15H12BrFOS/c1-11(13-4-6-14(16)7-5-13)19(18)10-12-2-8-15(17)9-3-12/h2-9H,1,10H2. The highest BCUT2D eigenvalue weighted by atomic mass is 79.9. The Morgan fingerprint density at radius 2 is 1.68 bits per heavy atom. The monoisotopic (exact) mass is 338 g/mol. The molecule has 0 amide bonds. The molecular formula is C15H12BrFOS. The molecule has 1 unspecified atom stereocenters. The van der Waals surface area contributed by atoms with E-state index in [4.69, 9.17) is 0 Å². The molecule has 0 aliphatic rings. The number of hydrogen-bond donors (Lipinski definition) is 0. The highest BCUT2D eigenvalue weighted by molar-refractivity contribution is 9.10. The molecule has 0 aliphatic carbocycles. The largest absolute Gasteiger partial charge is 0.254 e. The molecule has 0 aliphatic heterocycles. The molecule has 98 valence electrons. The van der Waals surface area contributed by atoms with Gasteiger partial charge in [-0.05, 0) is 35.4 Å². The minimum atomic E-state index is -1.21. The molecule has 2 rings (SSSR count). The average molecular weight is 339 g/mol. The molecule has 0 spiro atoms. The van der Waals surface area contributed by atoms with E-state index in [-0.39, 0.29) is 5.82 Å². The van der Waals surface area contributed by atoms with Crippen LogP contribution in [0.5, 0.6) is 0 Å². The Labute approximate surface area is 122 Å². The summed E-state index contributed by atoms with van der Waals surface area (Å²) in [5, 5.41) is 0. The van der Waals surface area contributed by atoms with Crippen molar-refractivity contribution in [1.82, 2.24) is 0 Å². The van der Waals surface area contributed by atoms with Crippen molar-refractivity contribution in [2.45, 2.75) is 5.75 Å². The number of hydrogen-bond acceptors (Lipinski definition) is 1. The molecule has 1 atom stereocenters. The van der Waals surface area contributed by atoms with Crippen LogP contribution in [0.1, 0.15) is 11.1 Å². The van der Waals surface area contributed by atoms with Crippen molar-refractivity contribution in [3.63, 3.8) is 0 Å². The van der Waals surface area contributed by atoms with Crippen LogP contribution >= 0.6 is 15.9 Å². The van der Waals surface area contributed by atoms with Crippen LogP contribution in [0.15, 0.2) is 59.6 Å². The zero-order chi connectivity index (χ0) is 13.8. The fourth-order valence-electron chi connectivity index (χ4n) is 1.59. The van der Waals surface area contributed by atoms with Crippen molar-refractivity contribution < 1.29 is 8.60 Å². The zero-order valence-electron chi connectivity index (χ0n) is 10.1. The molecule has 1 nitrogen and oxygen atoms in total. The van der Waals surface area contributed by atoms with E-state index in [1.165, 1.54) is 12.1 Å². The van der Waals surface area contributed by atoms with Crippen LogP contribution in [0.3, 0.4) is 0 Å². The average Bonchev–Trinajstić information content (AvgIpc) is 2.41. The predicted molar refractivity (Wildman–Crippen MR) is 81.4 cm³/mol. The van der Waals surface area contributed by atoms with Gasteiger partial charge >= 0.3 is 0 Å². The molecule has 0 heterocycles. The molecule has 2 aromatic rings. The third-order valence-electron chi connectivity index (χ3n) is 2.65. The van der Waals surface area contributed by atoms with Crippen LogP contribution in [0.2, 0.25) is 0 Å². The van der Waals surface area contributed by atoms with E-state index in [0.717, 1.165) is 15.6 Å². The Morgan fingerprint density at radius 1 is 1.11 bits per heavy atom. The summed E-state index contributed by atoms with van der Waals surface area (Å²) in [5.41, 5.74) is 1.68. The summed E-state index contributed by atoms with van der Waals surface area (Å²) < 4.78 is 25.9. The van der Waals surface area contributed by atoms with E-state index < -0.39 is 10.8 Å². The molecule has 0 saturated heterocycles. The van der Waals surface area contributed by atoms with Gasteiger partial charge in [0, 0.05) is 9.38 Å². The lowest BCUT2D eigenvalue weighted by molar-refractivity contribution is 0.627. The van der Waals surface area contributed by atoms with Gasteiger partial charge in [-0.2, -0.15) is 0 Å². The summed E-state index contributed by atoms with van der Waals surface area (Å²) in [6.45, 7) is 3.88. The third-order valence-corrected chi connectivity index (χ3v) is 4.56. The van der Waals surface area contributed by atoms with Gasteiger partial charge in [-0.25, -0.2) is 4.39 Å². The van der Waals surface area contributed by atoms with E-state index >= 15 is 0 Å². The molecule has 4 heteroatoms.